The predicted octanol–water partition coefficient (Wildman–Crippen LogP) is 7.59. The third kappa shape index (κ3) is 4.43. The van der Waals surface area contributed by atoms with Crippen LogP contribution in [0.15, 0.2) is 72.8 Å². The highest BCUT2D eigenvalue weighted by Gasteiger charge is 2.14. The summed E-state index contributed by atoms with van der Waals surface area (Å²) in [6.07, 6.45) is 0. The molecule has 4 heteroatoms. The summed E-state index contributed by atoms with van der Waals surface area (Å²) in [6.45, 7) is 3.95. The van der Waals surface area contributed by atoms with E-state index in [4.69, 9.17) is 0 Å². The molecule has 0 bridgehead atoms. The molecule has 0 saturated heterocycles. The largest absolute Gasteiger partial charge is 0.206 e. The summed E-state index contributed by atoms with van der Waals surface area (Å²) in [5.74, 6) is 1.34. The van der Waals surface area contributed by atoms with Gasteiger partial charge in [-0.3, -0.25) is 0 Å². The first kappa shape index (κ1) is 21.4. The first-order chi connectivity index (χ1) is 15.3. The van der Waals surface area contributed by atoms with Crippen LogP contribution in [0.25, 0.3) is 22.3 Å². The Morgan fingerprint density at radius 1 is 0.562 bits per heavy atom. The minimum Gasteiger partial charge on any atom is -0.206 e. The number of halogens is 4. The van der Waals surface area contributed by atoms with Gasteiger partial charge in [0.1, 0.15) is 5.82 Å². The highest BCUT2D eigenvalue weighted by Crippen LogP contribution is 2.30. The number of aryl methyl sites for hydroxylation is 2. The molecular formula is C28H18F4. The molecule has 0 fully saturated rings. The van der Waals surface area contributed by atoms with Gasteiger partial charge in [0.25, 0.3) is 0 Å². The van der Waals surface area contributed by atoms with E-state index in [0.717, 1.165) is 34.4 Å². The predicted molar refractivity (Wildman–Crippen MR) is 119 cm³/mol. The Bertz CT molecular complexity index is 1350. The first-order valence-electron chi connectivity index (χ1n) is 9.96. The topological polar surface area (TPSA) is 0 Å². The standard InChI is InChI=1S/C28H18F4/c1-17-3-5-19(6-4-17)7-8-20-9-10-21(13-18(20)2)22-11-12-24(25(29)14-22)23-15-26(30)28(32)27(31)16-23/h3-6,9-16H,1-2H3. The smallest absolute Gasteiger partial charge is 0.194 e. The van der Waals surface area contributed by atoms with Gasteiger partial charge in [0.05, 0.1) is 0 Å². The lowest BCUT2D eigenvalue weighted by atomic mass is 9.97. The zero-order valence-electron chi connectivity index (χ0n) is 17.4. The third-order valence-corrected chi connectivity index (χ3v) is 5.22. The van der Waals surface area contributed by atoms with Crippen LogP contribution in [0.4, 0.5) is 17.6 Å². The molecule has 4 aromatic carbocycles. The summed E-state index contributed by atoms with van der Waals surface area (Å²) in [7, 11) is 0. The van der Waals surface area contributed by atoms with E-state index in [1.807, 2.05) is 56.3 Å². The maximum atomic E-state index is 14.7. The van der Waals surface area contributed by atoms with E-state index in [2.05, 4.69) is 11.8 Å². The molecule has 0 saturated carbocycles. The number of rotatable bonds is 2. The molecule has 0 amide bonds. The monoisotopic (exact) mass is 430 g/mol. The Labute approximate surface area is 184 Å². The molecule has 0 aliphatic heterocycles. The molecule has 0 aliphatic carbocycles. The van der Waals surface area contributed by atoms with E-state index in [1.165, 1.54) is 17.7 Å². The number of hydrogen-bond donors (Lipinski definition) is 0. The van der Waals surface area contributed by atoms with Crippen LogP contribution in [0.5, 0.6) is 0 Å². The lowest BCUT2D eigenvalue weighted by Crippen LogP contribution is -1.94. The molecule has 0 atom stereocenters. The molecule has 0 radical (unpaired) electrons. The molecular weight excluding hydrogens is 412 g/mol. The fraction of sp³-hybridized carbons (Fsp3) is 0.0714. The Morgan fingerprint density at radius 3 is 1.78 bits per heavy atom. The highest BCUT2D eigenvalue weighted by molar-refractivity contribution is 5.72. The molecule has 0 spiro atoms. The zero-order valence-corrected chi connectivity index (χ0v) is 17.4. The van der Waals surface area contributed by atoms with Gasteiger partial charge in [-0.1, -0.05) is 53.8 Å². The van der Waals surface area contributed by atoms with Crippen LogP contribution in [0.1, 0.15) is 22.3 Å². The molecule has 0 heterocycles. The molecule has 0 aliphatic rings. The van der Waals surface area contributed by atoms with Crippen LogP contribution < -0.4 is 0 Å². The van der Waals surface area contributed by atoms with E-state index in [1.54, 1.807) is 6.07 Å². The fourth-order valence-electron chi connectivity index (χ4n) is 3.40. The van der Waals surface area contributed by atoms with Crippen molar-refractivity contribution >= 4 is 0 Å². The SMILES string of the molecule is Cc1ccc(C#Cc2ccc(-c3ccc(-c4cc(F)c(F)c(F)c4)c(F)c3)cc2C)cc1. The van der Waals surface area contributed by atoms with Gasteiger partial charge in [-0.25, -0.2) is 17.6 Å². The lowest BCUT2D eigenvalue weighted by molar-refractivity contribution is 0.447. The Kier molecular flexibility index (Phi) is 5.83. The lowest BCUT2D eigenvalue weighted by Gasteiger charge is -2.09. The van der Waals surface area contributed by atoms with E-state index in [-0.39, 0.29) is 11.1 Å². The molecule has 0 aromatic heterocycles. The summed E-state index contributed by atoms with van der Waals surface area (Å²) in [4.78, 5) is 0. The number of benzene rings is 4. The van der Waals surface area contributed by atoms with Crippen molar-refractivity contribution in [3.8, 4) is 34.1 Å². The third-order valence-electron chi connectivity index (χ3n) is 5.22. The Balaban J connectivity index is 1.63. The van der Waals surface area contributed by atoms with Crippen LogP contribution in [-0.4, -0.2) is 0 Å². The summed E-state index contributed by atoms with van der Waals surface area (Å²) in [5, 5.41) is 0. The van der Waals surface area contributed by atoms with E-state index >= 15 is 0 Å². The minimum atomic E-state index is -1.58. The van der Waals surface area contributed by atoms with E-state index < -0.39 is 23.3 Å². The van der Waals surface area contributed by atoms with Crippen molar-refractivity contribution < 1.29 is 17.6 Å². The first-order valence-corrected chi connectivity index (χ1v) is 9.96. The van der Waals surface area contributed by atoms with Crippen molar-refractivity contribution in [2.75, 3.05) is 0 Å². The second-order valence-corrected chi connectivity index (χ2v) is 7.59. The second-order valence-electron chi connectivity index (χ2n) is 7.59. The number of hydrogen-bond acceptors (Lipinski definition) is 0. The van der Waals surface area contributed by atoms with Crippen molar-refractivity contribution in [3.63, 3.8) is 0 Å². The quantitative estimate of drug-likeness (QED) is 0.175. The Hall–Kier alpha value is -3.84. The average molecular weight is 430 g/mol. The van der Waals surface area contributed by atoms with Crippen molar-refractivity contribution in [3.05, 3.63) is 118 Å². The van der Waals surface area contributed by atoms with Crippen molar-refractivity contribution in [1.29, 1.82) is 0 Å². The molecule has 0 unspecified atom stereocenters. The molecule has 32 heavy (non-hydrogen) atoms. The molecule has 4 rings (SSSR count). The van der Waals surface area contributed by atoms with E-state index in [0.29, 0.717) is 5.56 Å². The van der Waals surface area contributed by atoms with Gasteiger partial charge in [0.2, 0.25) is 0 Å². The van der Waals surface area contributed by atoms with Crippen LogP contribution in [0, 0.1) is 49.0 Å². The average Bonchev–Trinajstić information content (AvgIpc) is 2.77. The van der Waals surface area contributed by atoms with Crippen LogP contribution in [0.2, 0.25) is 0 Å². The van der Waals surface area contributed by atoms with Gasteiger partial charge in [-0.15, -0.1) is 0 Å². The second kappa shape index (κ2) is 8.72. The maximum absolute atomic E-state index is 14.7. The van der Waals surface area contributed by atoms with Gasteiger partial charge < -0.3 is 0 Å². The molecule has 0 nitrogen and oxygen atoms in total. The van der Waals surface area contributed by atoms with Gasteiger partial charge >= 0.3 is 0 Å². The van der Waals surface area contributed by atoms with Gasteiger partial charge in [0, 0.05) is 16.7 Å². The minimum absolute atomic E-state index is 0.0103. The summed E-state index contributed by atoms with van der Waals surface area (Å²) < 4.78 is 55.0. The molecule has 4 aromatic rings. The zero-order chi connectivity index (χ0) is 22.8. The molecule has 0 N–H and O–H groups in total. The van der Waals surface area contributed by atoms with E-state index in [9.17, 15) is 17.6 Å². The van der Waals surface area contributed by atoms with Crippen molar-refractivity contribution in [1.82, 2.24) is 0 Å². The van der Waals surface area contributed by atoms with Gasteiger partial charge in [-0.2, -0.15) is 0 Å². The molecule has 158 valence electrons. The van der Waals surface area contributed by atoms with Crippen molar-refractivity contribution in [2.24, 2.45) is 0 Å². The van der Waals surface area contributed by atoms with Gasteiger partial charge in [-0.05, 0) is 72.5 Å². The summed E-state index contributed by atoms with van der Waals surface area (Å²) >= 11 is 0. The van der Waals surface area contributed by atoms with Gasteiger partial charge in [0.15, 0.2) is 17.5 Å². The Morgan fingerprint density at radius 2 is 1.16 bits per heavy atom. The highest BCUT2D eigenvalue weighted by atomic mass is 19.2. The van der Waals surface area contributed by atoms with Crippen LogP contribution in [0.3, 0.4) is 0 Å². The summed E-state index contributed by atoms with van der Waals surface area (Å²) in [6, 6.07) is 19.5. The fourth-order valence-corrected chi connectivity index (χ4v) is 3.40. The van der Waals surface area contributed by atoms with Crippen LogP contribution >= 0.6 is 0 Å². The van der Waals surface area contributed by atoms with Crippen molar-refractivity contribution in [2.45, 2.75) is 13.8 Å². The maximum Gasteiger partial charge on any atom is 0.194 e. The summed E-state index contributed by atoms with van der Waals surface area (Å²) in [5.41, 5.74) is 5.21. The van der Waals surface area contributed by atoms with Crippen LogP contribution in [-0.2, 0) is 0 Å². The normalized spacial score (nSPS) is 10.6.